The molecule has 6 heteroatoms. The van der Waals surface area contributed by atoms with Crippen molar-refractivity contribution in [3.8, 4) is 16.9 Å². The van der Waals surface area contributed by atoms with Crippen molar-refractivity contribution >= 4 is 11.4 Å². The molecule has 0 saturated carbocycles. The van der Waals surface area contributed by atoms with Crippen LogP contribution in [0.15, 0.2) is 66.9 Å². The Hall–Kier alpha value is -3.64. The van der Waals surface area contributed by atoms with E-state index in [1.165, 1.54) is 6.07 Å². The lowest BCUT2D eigenvalue weighted by Crippen LogP contribution is -2.46. The number of hydrogen-bond acceptors (Lipinski definition) is 3. The van der Waals surface area contributed by atoms with Crippen LogP contribution in [0.5, 0.6) is 5.75 Å². The van der Waals surface area contributed by atoms with Crippen LogP contribution in [-0.2, 0) is 6.42 Å². The van der Waals surface area contributed by atoms with Crippen molar-refractivity contribution in [2.24, 2.45) is 0 Å². The van der Waals surface area contributed by atoms with Gasteiger partial charge in [-0.1, -0.05) is 42.5 Å². The Kier molecular flexibility index (Phi) is 6.07. The van der Waals surface area contributed by atoms with Gasteiger partial charge < -0.3 is 19.4 Å². The third-order valence-electron chi connectivity index (χ3n) is 6.66. The number of nitrogens with zero attached hydrogens (tertiary/aromatic N) is 2. The van der Waals surface area contributed by atoms with Gasteiger partial charge in [-0.25, -0.2) is 4.39 Å². The number of rotatable bonds is 5. The molecule has 2 aromatic carbocycles. The molecular weight excluding hydrogens is 429 g/mol. The zero-order chi connectivity index (χ0) is 23.7. The monoisotopic (exact) mass is 457 g/mol. The number of carbonyl (C=O) groups excluding carboxylic acids is 1. The van der Waals surface area contributed by atoms with Crippen LogP contribution in [-0.4, -0.2) is 48.5 Å². The second-order valence-electron chi connectivity index (χ2n) is 8.63. The summed E-state index contributed by atoms with van der Waals surface area (Å²) in [4.78, 5) is 15.8. The molecule has 1 amide bonds. The number of hydrogen-bond donors (Lipinski definition) is 1. The van der Waals surface area contributed by atoms with Crippen molar-refractivity contribution in [2.75, 3.05) is 33.3 Å². The summed E-state index contributed by atoms with van der Waals surface area (Å²) in [5.41, 5.74) is 5.88. The van der Waals surface area contributed by atoms with Crippen LogP contribution in [0.1, 0.15) is 27.2 Å². The first-order chi connectivity index (χ1) is 16.6. The third-order valence-corrected chi connectivity index (χ3v) is 6.66. The number of methoxy groups -OCH3 is 1. The highest BCUT2D eigenvalue weighted by Crippen LogP contribution is 2.37. The minimum atomic E-state index is -0.237. The Balaban J connectivity index is 1.79. The first-order valence-electron chi connectivity index (χ1n) is 11.6. The van der Waals surface area contributed by atoms with E-state index in [9.17, 15) is 9.18 Å². The number of benzene rings is 2. The lowest BCUT2D eigenvalue weighted by Gasteiger charge is -2.28. The summed E-state index contributed by atoms with van der Waals surface area (Å²) in [6.07, 6.45) is 2.35. The summed E-state index contributed by atoms with van der Waals surface area (Å²) >= 11 is 0. The fourth-order valence-corrected chi connectivity index (χ4v) is 4.80. The van der Waals surface area contributed by atoms with Crippen LogP contribution >= 0.6 is 0 Å². The number of piperazine rings is 1. The number of amides is 1. The molecule has 1 fully saturated rings. The molecular formula is C28H28FN3O2. The summed E-state index contributed by atoms with van der Waals surface area (Å²) in [6.45, 7) is 4.64. The van der Waals surface area contributed by atoms with E-state index in [0.29, 0.717) is 30.8 Å². The largest absolute Gasteiger partial charge is 0.497 e. The van der Waals surface area contributed by atoms with Crippen LogP contribution in [0.25, 0.3) is 16.6 Å². The molecule has 1 N–H and O–H groups in total. The third kappa shape index (κ3) is 3.94. The molecule has 0 radical (unpaired) electrons. The molecule has 1 aliphatic rings. The van der Waals surface area contributed by atoms with Gasteiger partial charge in [0.1, 0.15) is 17.3 Å². The van der Waals surface area contributed by atoms with E-state index in [1.54, 1.807) is 20.1 Å². The number of aromatic nitrogens is 1. The lowest BCUT2D eigenvalue weighted by atomic mass is 9.93. The van der Waals surface area contributed by atoms with Crippen LogP contribution in [0, 0.1) is 12.7 Å². The van der Waals surface area contributed by atoms with Gasteiger partial charge >= 0.3 is 0 Å². The average molecular weight is 458 g/mol. The van der Waals surface area contributed by atoms with Crippen molar-refractivity contribution in [1.29, 1.82) is 0 Å². The zero-order valence-electron chi connectivity index (χ0n) is 19.5. The van der Waals surface area contributed by atoms with Crippen molar-refractivity contribution in [1.82, 2.24) is 14.6 Å². The molecule has 0 atom stereocenters. The standard InChI is InChI=1S/C28H28FN3O2/c1-19-21(9-6-10-24(19)29)17-23-26(20-7-4-3-5-8-20)25-18-22(34-2)11-14-32(25)27(23)28(33)31-15-12-30-13-16-31/h3-11,14,18,30H,12-13,15-17H2,1-2H3. The smallest absolute Gasteiger partial charge is 0.271 e. The molecule has 0 aliphatic carbocycles. The minimum absolute atomic E-state index is 0.00657. The highest BCUT2D eigenvalue weighted by Gasteiger charge is 2.29. The Morgan fingerprint density at radius 2 is 1.82 bits per heavy atom. The van der Waals surface area contributed by atoms with Crippen LogP contribution in [0.4, 0.5) is 4.39 Å². The second-order valence-corrected chi connectivity index (χ2v) is 8.63. The van der Waals surface area contributed by atoms with E-state index in [-0.39, 0.29) is 11.7 Å². The quantitative estimate of drug-likeness (QED) is 0.473. The molecule has 0 spiro atoms. The van der Waals surface area contributed by atoms with Gasteiger partial charge in [-0.05, 0) is 41.3 Å². The number of carbonyl (C=O) groups is 1. The van der Waals surface area contributed by atoms with Crippen molar-refractivity contribution in [2.45, 2.75) is 13.3 Å². The van der Waals surface area contributed by atoms with Crippen molar-refractivity contribution in [3.05, 3.63) is 95.1 Å². The number of ether oxygens (including phenoxy) is 1. The highest BCUT2D eigenvalue weighted by atomic mass is 19.1. The van der Waals surface area contributed by atoms with E-state index in [1.807, 2.05) is 51.9 Å². The first-order valence-corrected chi connectivity index (χ1v) is 11.6. The van der Waals surface area contributed by atoms with Gasteiger partial charge in [-0.3, -0.25) is 4.79 Å². The van der Waals surface area contributed by atoms with E-state index in [2.05, 4.69) is 17.4 Å². The Morgan fingerprint density at radius 1 is 1.06 bits per heavy atom. The fourth-order valence-electron chi connectivity index (χ4n) is 4.80. The summed E-state index contributed by atoms with van der Waals surface area (Å²) in [5, 5.41) is 3.31. The van der Waals surface area contributed by atoms with E-state index < -0.39 is 0 Å². The van der Waals surface area contributed by atoms with Gasteiger partial charge in [-0.2, -0.15) is 0 Å². The molecule has 5 rings (SSSR count). The van der Waals surface area contributed by atoms with Crippen LogP contribution in [0.2, 0.25) is 0 Å². The summed E-state index contributed by atoms with van der Waals surface area (Å²) < 4.78 is 22.0. The maximum absolute atomic E-state index is 14.5. The van der Waals surface area contributed by atoms with Crippen molar-refractivity contribution in [3.63, 3.8) is 0 Å². The van der Waals surface area contributed by atoms with Gasteiger partial charge in [-0.15, -0.1) is 0 Å². The molecule has 4 aromatic rings. The normalized spacial score (nSPS) is 13.9. The summed E-state index contributed by atoms with van der Waals surface area (Å²) in [5.74, 6) is 0.476. The van der Waals surface area contributed by atoms with Gasteiger partial charge in [0.2, 0.25) is 0 Å². The SMILES string of the molecule is COc1ccn2c(C(=O)N3CCNCC3)c(Cc3cccc(F)c3C)c(-c3ccccc3)c2c1. The number of pyridine rings is 1. The Morgan fingerprint density at radius 3 is 2.56 bits per heavy atom. The lowest BCUT2D eigenvalue weighted by molar-refractivity contribution is 0.0728. The van der Waals surface area contributed by atoms with Crippen molar-refractivity contribution < 1.29 is 13.9 Å². The molecule has 1 aliphatic heterocycles. The van der Waals surface area contributed by atoms with E-state index >= 15 is 0 Å². The fraction of sp³-hybridized carbons (Fsp3) is 0.250. The van der Waals surface area contributed by atoms with Gasteiger partial charge in [0.15, 0.2) is 0 Å². The first kappa shape index (κ1) is 22.2. The van der Waals surface area contributed by atoms with Gasteiger partial charge in [0, 0.05) is 50.4 Å². The molecule has 0 bridgehead atoms. The van der Waals surface area contributed by atoms with E-state index in [4.69, 9.17) is 4.74 Å². The maximum atomic E-state index is 14.5. The second kappa shape index (κ2) is 9.31. The van der Waals surface area contributed by atoms with E-state index in [0.717, 1.165) is 46.6 Å². The number of halogens is 1. The number of nitrogens with one attached hydrogen (secondary N) is 1. The van der Waals surface area contributed by atoms with Gasteiger partial charge in [0.25, 0.3) is 5.91 Å². The Labute approximate surface area is 198 Å². The predicted octanol–water partition coefficient (Wildman–Crippen LogP) is 4.70. The molecule has 0 unspecified atom stereocenters. The maximum Gasteiger partial charge on any atom is 0.271 e. The average Bonchev–Trinajstić information content (AvgIpc) is 3.20. The Bertz CT molecular complexity index is 1340. The minimum Gasteiger partial charge on any atom is -0.497 e. The van der Waals surface area contributed by atoms with Crippen LogP contribution in [0.3, 0.4) is 0 Å². The molecule has 174 valence electrons. The number of fused-ring (bicyclic) bond motifs is 1. The topological polar surface area (TPSA) is 46.0 Å². The van der Waals surface area contributed by atoms with Gasteiger partial charge in [0.05, 0.1) is 12.6 Å². The zero-order valence-corrected chi connectivity index (χ0v) is 19.5. The summed E-state index contributed by atoms with van der Waals surface area (Å²) in [7, 11) is 1.64. The summed E-state index contributed by atoms with van der Waals surface area (Å²) in [6, 6.07) is 19.1. The molecule has 5 nitrogen and oxygen atoms in total. The molecule has 1 saturated heterocycles. The van der Waals surface area contributed by atoms with Crippen LogP contribution < -0.4 is 10.1 Å². The highest BCUT2D eigenvalue weighted by molar-refractivity contribution is 6.01. The molecule has 2 aromatic heterocycles. The predicted molar refractivity (Wildman–Crippen MR) is 132 cm³/mol. The molecule has 34 heavy (non-hydrogen) atoms. The molecule has 3 heterocycles.